The third-order valence-electron chi connectivity index (χ3n) is 7.17. The Kier molecular flexibility index (Phi) is 7.42. The van der Waals surface area contributed by atoms with Crippen molar-refractivity contribution in [2.24, 2.45) is 11.8 Å². The molecule has 6 heteroatoms. The molecule has 1 aromatic heterocycles. The van der Waals surface area contributed by atoms with Gasteiger partial charge in [0.15, 0.2) is 0 Å². The Balaban J connectivity index is 1.07. The average Bonchev–Trinajstić information content (AvgIpc) is 3.37. The number of fused-ring (bicyclic) bond motifs is 1. The van der Waals surface area contributed by atoms with Gasteiger partial charge in [0.05, 0.1) is 6.54 Å². The molecule has 0 saturated carbocycles. The molecule has 0 radical (unpaired) electrons. The van der Waals surface area contributed by atoms with Crippen LogP contribution in [-0.2, 0) is 17.8 Å². The first kappa shape index (κ1) is 24.2. The summed E-state index contributed by atoms with van der Waals surface area (Å²) >= 11 is 0. The van der Waals surface area contributed by atoms with Crippen LogP contribution in [0.25, 0.3) is 22.2 Å². The van der Waals surface area contributed by atoms with Gasteiger partial charge >= 0.3 is 0 Å². The highest BCUT2D eigenvalue weighted by molar-refractivity contribution is 5.85. The molecule has 1 aliphatic rings. The van der Waals surface area contributed by atoms with Gasteiger partial charge in [-0.2, -0.15) is 4.98 Å². The van der Waals surface area contributed by atoms with Crippen molar-refractivity contribution in [2.45, 2.75) is 39.7 Å². The number of carbonyl (C=O) groups excluding carboxylic acids is 1. The third kappa shape index (κ3) is 5.82. The summed E-state index contributed by atoms with van der Waals surface area (Å²) < 4.78 is 5.48. The van der Waals surface area contributed by atoms with Crippen LogP contribution in [0.15, 0.2) is 71.3 Å². The van der Waals surface area contributed by atoms with Gasteiger partial charge in [-0.05, 0) is 61.5 Å². The molecule has 6 nitrogen and oxygen atoms in total. The van der Waals surface area contributed by atoms with Gasteiger partial charge < -0.3 is 9.84 Å². The number of nitrogens with zero attached hydrogens (tertiary/aromatic N) is 3. The maximum atomic E-state index is 12.8. The summed E-state index contributed by atoms with van der Waals surface area (Å²) in [5.41, 5.74) is 3.50. The fraction of sp³-hybridized carbons (Fsp3) is 0.367. The first-order chi connectivity index (χ1) is 17.5. The molecule has 1 amide bonds. The Bertz CT molecular complexity index is 1300. The Morgan fingerprint density at radius 2 is 1.81 bits per heavy atom. The van der Waals surface area contributed by atoms with E-state index in [1.165, 1.54) is 21.9 Å². The lowest BCUT2D eigenvalue weighted by atomic mass is 9.94. The van der Waals surface area contributed by atoms with Crippen molar-refractivity contribution in [2.75, 3.05) is 19.6 Å². The van der Waals surface area contributed by atoms with E-state index < -0.39 is 0 Å². The van der Waals surface area contributed by atoms with E-state index in [0.717, 1.165) is 37.9 Å². The van der Waals surface area contributed by atoms with Crippen LogP contribution < -0.4 is 5.32 Å². The predicted octanol–water partition coefficient (Wildman–Crippen LogP) is 5.41. The fourth-order valence-corrected chi connectivity index (χ4v) is 5.02. The predicted molar refractivity (Wildman–Crippen MR) is 142 cm³/mol. The lowest BCUT2D eigenvalue weighted by molar-refractivity contribution is -0.126. The Hall–Kier alpha value is -3.51. The van der Waals surface area contributed by atoms with Crippen molar-refractivity contribution in [3.05, 3.63) is 83.7 Å². The molecule has 1 saturated heterocycles. The van der Waals surface area contributed by atoms with Crippen LogP contribution in [0.2, 0.25) is 0 Å². The molecule has 0 bridgehead atoms. The summed E-state index contributed by atoms with van der Waals surface area (Å²) in [5, 5.41) is 9.92. The van der Waals surface area contributed by atoms with Crippen molar-refractivity contribution in [3.63, 3.8) is 0 Å². The van der Waals surface area contributed by atoms with Crippen LogP contribution in [0.1, 0.15) is 36.8 Å². The number of nitrogens with one attached hydrogen (secondary N) is 1. The summed E-state index contributed by atoms with van der Waals surface area (Å²) in [6.07, 6.45) is 2.65. The lowest BCUT2D eigenvalue weighted by Gasteiger charge is -2.30. The zero-order valence-electron chi connectivity index (χ0n) is 21.1. The number of amides is 1. The number of aromatic nitrogens is 2. The highest BCUT2D eigenvalue weighted by Gasteiger charge is 2.26. The first-order valence-electron chi connectivity index (χ1n) is 12.9. The molecule has 1 atom stereocenters. The first-order valence-corrected chi connectivity index (χ1v) is 12.9. The number of carbonyl (C=O) groups is 1. The Labute approximate surface area is 212 Å². The van der Waals surface area contributed by atoms with Crippen LogP contribution >= 0.6 is 0 Å². The van der Waals surface area contributed by atoms with E-state index in [-0.39, 0.29) is 11.8 Å². The van der Waals surface area contributed by atoms with Crippen LogP contribution in [0, 0.1) is 18.8 Å². The topological polar surface area (TPSA) is 71.3 Å². The molecule has 1 N–H and O–H groups in total. The van der Waals surface area contributed by atoms with E-state index in [1.807, 2.05) is 24.3 Å². The second-order valence-electron chi connectivity index (χ2n) is 10.1. The number of likely N-dealkylation sites (tertiary alicyclic amines) is 1. The van der Waals surface area contributed by atoms with E-state index in [4.69, 9.17) is 4.52 Å². The molecule has 5 rings (SSSR count). The average molecular weight is 483 g/mol. The van der Waals surface area contributed by atoms with Crippen molar-refractivity contribution in [1.82, 2.24) is 20.4 Å². The van der Waals surface area contributed by atoms with Gasteiger partial charge in [0.2, 0.25) is 17.6 Å². The van der Waals surface area contributed by atoms with Crippen molar-refractivity contribution < 1.29 is 9.32 Å². The second-order valence-corrected chi connectivity index (χ2v) is 10.1. The molecule has 0 aliphatic carbocycles. The standard InChI is InChI=1S/C30H34N4O2/c1-21-10-12-24(13-11-21)29-32-28(36-33-29)20-34-16-14-25(15-17-34)30(35)31-19-22(2)18-26-8-5-7-23-6-3-4-9-27(23)26/h3-13,22,25H,14-20H2,1-2H3,(H,31,35). The summed E-state index contributed by atoms with van der Waals surface area (Å²) in [5.74, 6) is 1.86. The fourth-order valence-electron chi connectivity index (χ4n) is 5.02. The van der Waals surface area contributed by atoms with Crippen LogP contribution in [-0.4, -0.2) is 40.6 Å². The zero-order chi connectivity index (χ0) is 24.9. The van der Waals surface area contributed by atoms with E-state index in [2.05, 4.69) is 76.7 Å². The summed E-state index contributed by atoms with van der Waals surface area (Å²) in [7, 11) is 0. The molecule has 1 aliphatic heterocycles. The second kappa shape index (κ2) is 11.0. The Morgan fingerprint density at radius 1 is 1.06 bits per heavy atom. The number of aryl methyl sites for hydroxylation is 1. The number of hydrogen-bond donors (Lipinski definition) is 1. The van der Waals surface area contributed by atoms with Gasteiger partial charge in [-0.15, -0.1) is 0 Å². The highest BCUT2D eigenvalue weighted by Crippen LogP contribution is 2.23. The molecule has 4 aromatic rings. The van der Waals surface area contributed by atoms with Crippen molar-refractivity contribution in [1.29, 1.82) is 0 Å². The lowest BCUT2D eigenvalue weighted by Crippen LogP contribution is -2.41. The molecule has 186 valence electrons. The largest absolute Gasteiger partial charge is 0.356 e. The minimum atomic E-state index is 0.0665. The maximum absolute atomic E-state index is 12.8. The number of rotatable bonds is 8. The van der Waals surface area contributed by atoms with Crippen LogP contribution in [0.3, 0.4) is 0 Å². The smallest absolute Gasteiger partial charge is 0.241 e. The van der Waals surface area contributed by atoms with E-state index in [0.29, 0.717) is 30.7 Å². The molecule has 3 aromatic carbocycles. The molecular formula is C30H34N4O2. The van der Waals surface area contributed by atoms with Gasteiger partial charge in [-0.3, -0.25) is 9.69 Å². The van der Waals surface area contributed by atoms with Gasteiger partial charge in [0, 0.05) is 18.0 Å². The Morgan fingerprint density at radius 3 is 2.61 bits per heavy atom. The third-order valence-corrected chi connectivity index (χ3v) is 7.17. The van der Waals surface area contributed by atoms with Gasteiger partial charge in [0.25, 0.3) is 0 Å². The summed E-state index contributed by atoms with van der Waals surface area (Å²) in [4.78, 5) is 19.7. The molecule has 0 spiro atoms. The van der Waals surface area contributed by atoms with Crippen LogP contribution in [0.4, 0.5) is 0 Å². The molecule has 1 unspecified atom stereocenters. The maximum Gasteiger partial charge on any atom is 0.241 e. The van der Waals surface area contributed by atoms with Crippen molar-refractivity contribution >= 4 is 16.7 Å². The number of benzene rings is 3. The molecular weight excluding hydrogens is 448 g/mol. The van der Waals surface area contributed by atoms with Crippen LogP contribution in [0.5, 0.6) is 0 Å². The molecule has 1 fully saturated rings. The molecule has 2 heterocycles. The highest BCUT2D eigenvalue weighted by atomic mass is 16.5. The van der Waals surface area contributed by atoms with E-state index >= 15 is 0 Å². The SMILES string of the molecule is Cc1ccc(-c2noc(CN3CCC(C(=O)NCC(C)Cc4cccc5ccccc45)CC3)n2)cc1. The van der Waals surface area contributed by atoms with E-state index in [1.54, 1.807) is 0 Å². The van der Waals surface area contributed by atoms with E-state index in [9.17, 15) is 4.79 Å². The molecule has 36 heavy (non-hydrogen) atoms. The minimum absolute atomic E-state index is 0.0665. The summed E-state index contributed by atoms with van der Waals surface area (Å²) in [6, 6.07) is 23.1. The van der Waals surface area contributed by atoms with Gasteiger partial charge in [0.1, 0.15) is 0 Å². The van der Waals surface area contributed by atoms with Crippen molar-refractivity contribution in [3.8, 4) is 11.4 Å². The number of piperidine rings is 1. The van der Waals surface area contributed by atoms with Gasteiger partial charge in [-0.1, -0.05) is 84.4 Å². The number of hydrogen-bond acceptors (Lipinski definition) is 5. The summed E-state index contributed by atoms with van der Waals surface area (Å²) in [6.45, 7) is 7.29. The normalized spacial score (nSPS) is 15.7. The van der Waals surface area contributed by atoms with Gasteiger partial charge in [-0.25, -0.2) is 0 Å². The zero-order valence-corrected chi connectivity index (χ0v) is 21.1. The monoisotopic (exact) mass is 482 g/mol. The minimum Gasteiger partial charge on any atom is -0.356 e. The quantitative estimate of drug-likeness (QED) is 0.364.